The second-order valence-corrected chi connectivity index (χ2v) is 5.22. The zero-order valence-corrected chi connectivity index (χ0v) is 12.8. The van der Waals surface area contributed by atoms with E-state index in [0.29, 0.717) is 18.7 Å². The molecule has 0 unspecified atom stereocenters. The van der Waals surface area contributed by atoms with Crippen LogP contribution in [0.3, 0.4) is 0 Å². The van der Waals surface area contributed by atoms with Crippen LogP contribution in [0.1, 0.15) is 27.0 Å². The highest BCUT2D eigenvalue weighted by atomic mass is 16.5. The maximum atomic E-state index is 11.9. The largest absolute Gasteiger partial charge is 0.492 e. The topological polar surface area (TPSA) is 38.3 Å². The Balaban J connectivity index is 1.79. The normalized spacial score (nSPS) is 10.2. The standard InChI is InChI=1S/C18H21NO2/c1-13-5-4-6-16(11-13)18(20)19-9-10-21-17-8-7-14(2)15(3)12-17/h4-8,11-12H,9-10H2,1-3H3,(H,19,20). The van der Waals surface area contributed by atoms with E-state index < -0.39 is 0 Å². The number of benzene rings is 2. The van der Waals surface area contributed by atoms with E-state index in [2.05, 4.69) is 19.2 Å². The molecule has 3 heteroatoms. The predicted octanol–water partition coefficient (Wildman–Crippen LogP) is 3.42. The molecule has 0 aliphatic rings. The van der Waals surface area contributed by atoms with Gasteiger partial charge in [-0.2, -0.15) is 0 Å². The highest BCUT2D eigenvalue weighted by Crippen LogP contribution is 2.16. The second-order valence-electron chi connectivity index (χ2n) is 5.22. The van der Waals surface area contributed by atoms with Gasteiger partial charge in [-0.05, 0) is 56.2 Å². The summed E-state index contributed by atoms with van der Waals surface area (Å²) in [7, 11) is 0. The Morgan fingerprint density at radius 3 is 2.57 bits per heavy atom. The highest BCUT2D eigenvalue weighted by Gasteiger charge is 2.04. The monoisotopic (exact) mass is 283 g/mol. The van der Waals surface area contributed by atoms with Crippen molar-refractivity contribution >= 4 is 5.91 Å². The lowest BCUT2D eigenvalue weighted by Gasteiger charge is -2.09. The molecule has 0 bridgehead atoms. The molecule has 110 valence electrons. The van der Waals surface area contributed by atoms with Gasteiger partial charge in [0.25, 0.3) is 5.91 Å². The summed E-state index contributed by atoms with van der Waals surface area (Å²) < 4.78 is 5.64. The predicted molar refractivity (Wildman–Crippen MR) is 84.9 cm³/mol. The Morgan fingerprint density at radius 2 is 1.86 bits per heavy atom. The quantitative estimate of drug-likeness (QED) is 0.854. The van der Waals surface area contributed by atoms with E-state index in [1.807, 2.05) is 49.4 Å². The third-order valence-electron chi connectivity index (χ3n) is 3.41. The van der Waals surface area contributed by atoms with Crippen LogP contribution in [0.4, 0.5) is 0 Å². The lowest BCUT2D eigenvalue weighted by molar-refractivity contribution is 0.0947. The number of ether oxygens (including phenoxy) is 1. The third kappa shape index (κ3) is 4.35. The van der Waals surface area contributed by atoms with E-state index in [1.165, 1.54) is 11.1 Å². The summed E-state index contributed by atoms with van der Waals surface area (Å²) in [5, 5.41) is 2.86. The lowest BCUT2D eigenvalue weighted by atomic mass is 10.1. The smallest absolute Gasteiger partial charge is 0.251 e. The average molecular weight is 283 g/mol. The molecule has 2 rings (SSSR count). The van der Waals surface area contributed by atoms with Gasteiger partial charge in [-0.25, -0.2) is 0 Å². The van der Waals surface area contributed by atoms with Crippen LogP contribution in [0.5, 0.6) is 5.75 Å². The van der Waals surface area contributed by atoms with Crippen molar-refractivity contribution in [3.05, 3.63) is 64.7 Å². The SMILES string of the molecule is Cc1cccc(C(=O)NCCOc2ccc(C)c(C)c2)c1. The molecular formula is C18H21NO2. The lowest BCUT2D eigenvalue weighted by Crippen LogP contribution is -2.28. The number of hydrogen-bond donors (Lipinski definition) is 1. The van der Waals surface area contributed by atoms with Crippen molar-refractivity contribution in [2.24, 2.45) is 0 Å². The van der Waals surface area contributed by atoms with Crippen molar-refractivity contribution in [1.29, 1.82) is 0 Å². The Hall–Kier alpha value is -2.29. The molecule has 0 aliphatic carbocycles. The number of carbonyl (C=O) groups excluding carboxylic acids is 1. The van der Waals surface area contributed by atoms with Gasteiger partial charge in [0.2, 0.25) is 0 Å². The molecule has 1 N–H and O–H groups in total. The van der Waals surface area contributed by atoms with Crippen LogP contribution in [0.2, 0.25) is 0 Å². The summed E-state index contributed by atoms with van der Waals surface area (Å²) in [6, 6.07) is 13.5. The summed E-state index contributed by atoms with van der Waals surface area (Å²) in [5.74, 6) is 0.769. The molecule has 2 aromatic carbocycles. The van der Waals surface area contributed by atoms with Gasteiger partial charge < -0.3 is 10.1 Å². The van der Waals surface area contributed by atoms with E-state index in [9.17, 15) is 4.79 Å². The van der Waals surface area contributed by atoms with Crippen molar-refractivity contribution in [3.63, 3.8) is 0 Å². The molecule has 0 fully saturated rings. The zero-order chi connectivity index (χ0) is 15.2. The molecule has 0 aliphatic heterocycles. The Kier molecular flexibility index (Phi) is 4.99. The Morgan fingerprint density at radius 1 is 1.05 bits per heavy atom. The van der Waals surface area contributed by atoms with Gasteiger partial charge in [-0.3, -0.25) is 4.79 Å². The average Bonchev–Trinajstić information content (AvgIpc) is 2.47. The van der Waals surface area contributed by atoms with Crippen LogP contribution in [0.25, 0.3) is 0 Å². The minimum absolute atomic E-state index is 0.0672. The number of aryl methyl sites for hydroxylation is 3. The maximum absolute atomic E-state index is 11.9. The van der Waals surface area contributed by atoms with E-state index in [-0.39, 0.29) is 5.91 Å². The van der Waals surface area contributed by atoms with E-state index >= 15 is 0 Å². The molecule has 0 saturated heterocycles. The summed E-state index contributed by atoms with van der Waals surface area (Å²) >= 11 is 0. The molecule has 0 aromatic heterocycles. The first-order valence-corrected chi connectivity index (χ1v) is 7.11. The van der Waals surface area contributed by atoms with Gasteiger partial charge in [-0.1, -0.05) is 23.8 Å². The zero-order valence-electron chi connectivity index (χ0n) is 12.8. The number of amides is 1. The highest BCUT2D eigenvalue weighted by molar-refractivity contribution is 5.94. The summed E-state index contributed by atoms with van der Waals surface area (Å²) in [5.41, 5.74) is 4.21. The third-order valence-corrected chi connectivity index (χ3v) is 3.41. The Labute approximate surface area is 126 Å². The van der Waals surface area contributed by atoms with Gasteiger partial charge in [-0.15, -0.1) is 0 Å². The maximum Gasteiger partial charge on any atom is 0.251 e. The molecule has 0 spiro atoms. The molecule has 0 heterocycles. The van der Waals surface area contributed by atoms with Gasteiger partial charge in [0.1, 0.15) is 12.4 Å². The first-order chi connectivity index (χ1) is 10.1. The molecular weight excluding hydrogens is 262 g/mol. The van der Waals surface area contributed by atoms with Crippen molar-refractivity contribution in [1.82, 2.24) is 5.32 Å². The van der Waals surface area contributed by atoms with Crippen LogP contribution in [-0.4, -0.2) is 19.1 Å². The van der Waals surface area contributed by atoms with E-state index in [4.69, 9.17) is 4.74 Å². The van der Waals surface area contributed by atoms with E-state index in [0.717, 1.165) is 11.3 Å². The van der Waals surface area contributed by atoms with Crippen LogP contribution < -0.4 is 10.1 Å². The number of carbonyl (C=O) groups is 1. The molecule has 21 heavy (non-hydrogen) atoms. The first kappa shape index (κ1) is 15.1. The second kappa shape index (κ2) is 6.93. The summed E-state index contributed by atoms with van der Waals surface area (Å²) in [6.45, 7) is 7.04. The number of hydrogen-bond acceptors (Lipinski definition) is 2. The summed E-state index contributed by atoms with van der Waals surface area (Å²) in [4.78, 5) is 11.9. The fourth-order valence-electron chi connectivity index (χ4n) is 2.03. The van der Waals surface area contributed by atoms with Crippen molar-refractivity contribution in [2.45, 2.75) is 20.8 Å². The van der Waals surface area contributed by atoms with Gasteiger partial charge in [0.15, 0.2) is 0 Å². The molecule has 0 radical (unpaired) electrons. The number of rotatable bonds is 5. The molecule has 3 nitrogen and oxygen atoms in total. The molecule has 1 amide bonds. The minimum atomic E-state index is -0.0672. The van der Waals surface area contributed by atoms with Crippen molar-refractivity contribution < 1.29 is 9.53 Å². The van der Waals surface area contributed by atoms with Crippen LogP contribution >= 0.6 is 0 Å². The first-order valence-electron chi connectivity index (χ1n) is 7.11. The molecule has 2 aromatic rings. The van der Waals surface area contributed by atoms with Crippen LogP contribution in [0.15, 0.2) is 42.5 Å². The van der Waals surface area contributed by atoms with Gasteiger partial charge in [0.05, 0.1) is 6.54 Å². The van der Waals surface area contributed by atoms with Crippen LogP contribution in [-0.2, 0) is 0 Å². The van der Waals surface area contributed by atoms with E-state index in [1.54, 1.807) is 0 Å². The summed E-state index contributed by atoms with van der Waals surface area (Å²) in [6.07, 6.45) is 0. The van der Waals surface area contributed by atoms with Gasteiger partial charge in [0, 0.05) is 5.56 Å². The fraction of sp³-hybridized carbons (Fsp3) is 0.278. The Bertz CT molecular complexity index is 635. The molecule has 0 saturated carbocycles. The van der Waals surface area contributed by atoms with Crippen molar-refractivity contribution in [2.75, 3.05) is 13.2 Å². The number of nitrogens with one attached hydrogen (secondary N) is 1. The minimum Gasteiger partial charge on any atom is -0.492 e. The molecule has 0 atom stereocenters. The van der Waals surface area contributed by atoms with Gasteiger partial charge >= 0.3 is 0 Å². The van der Waals surface area contributed by atoms with Crippen LogP contribution in [0, 0.1) is 20.8 Å². The fourth-order valence-corrected chi connectivity index (χ4v) is 2.03. The van der Waals surface area contributed by atoms with Crippen molar-refractivity contribution in [3.8, 4) is 5.75 Å².